The van der Waals surface area contributed by atoms with E-state index in [1.54, 1.807) is 11.3 Å². The number of carbonyl (C=O) groups is 2. The van der Waals surface area contributed by atoms with E-state index in [4.69, 9.17) is 4.74 Å². The first kappa shape index (κ1) is 20.2. The van der Waals surface area contributed by atoms with Gasteiger partial charge < -0.3 is 10.1 Å². The SMILES string of the molecule is COC(=O)c1c(-c2cccs2)csc1NC(=O)CSc1nnc2sc3ccccc3n12. The van der Waals surface area contributed by atoms with Crippen LogP contribution in [0.5, 0.6) is 0 Å². The van der Waals surface area contributed by atoms with Crippen molar-refractivity contribution >= 4 is 77.8 Å². The summed E-state index contributed by atoms with van der Waals surface area (Å²) in [6.07, 6.45) is 0. The van der Waals surface area contributed by atoms with E-state index < -0.39 is 5.97 Å². The van der Waals surface area contributed by atoms with E-state index in [0.717, 1.165) is 25.6 Å². The second kappa shape index (κ2) is 8.42. The average Bonchev–Trinajstić information content (AvgIpc) is 3.55. The highest BCUT2D eigenvalue weighted by molar-refractivity contribution is 7.99. The van der Waals surface area contributed by atoms with E-state index in [2.05, 4.69) is 15.5 Å². The number of hydrogen-bond acceptors (Lipinski definition) is 9. The number of methoxy groups -OCH3 is 1. The number of ether oxygens (including phenoxy) is 1. The zero-order chi connectivity index (χ0) is 21.4. The van der Waals surface area contributed by atoms with Crippen LogP contribution >= 0.6 is 45.8 Å². The first-order valence-electron chi connectivity index (χ1n) is 9.04. The Balaban J connectivity index is 1.36. The van der Waals surface area contributed by atoms with Gasteiger partial charge in [-0.15, -0.1) is 32.9 Å². The van der Waals surface area contributed by atoms with Crippen molar-refractivity contribution in [3.8, 4) is 10.4 Å². The van der Waals surface area contributed by atoms with Gasteiger partial charge in [-0.25, -0.2) is 4.79 Å². The highest BCUT2D eigenvalue weighted by Gasteiger charge is 2.23. The van der Waals surface area contributed by atoms with Crippen LogP contribution in [0, 0.1) is 0 Å². The number of thiazole rings is 1. The average molecular weight is 487 g/mol. The third kappa shape index (κ3) is 3.74. The van der Waals surface area contributed by atoms with Crippen molar-refractivity contribution in [1.82, 2.24) is 14.6 Å². The van der Waals surface area contributed by atoms with E-state index in [1.807, 2.05) is 51.6 Å². The van der Waals surface area contributed by atoms with E-state index >= 15 is 0 Å². The number of fused-ring (bicyclic) bond motifs is 3. The van der Waals surface area contributed by atoms with Crippen LogP contribution in [0.4, 0.5) is 5.00 Å². The van der Waals surface area contributed by atoms with Crippen molar-refractivity contribution in [2.75, 3.05) is 18.2 Å². The molecule has 7 nitrogen and oxygen atoms in total. The Bertz CT molecular complexity index is 1400. The number of nitrogens with one attached hydrogen (secondary N) is 1. The summed E-state index contributed by atoms with van der Waals surface area (Å²) < 4.78 is 8.02. The first-order valence-corrected chi connectivity index (χ1v) is 12.6. The number of esters is 1. The Morgan fingerprint density at radius 3 is 2.84 bits per heavy atom. The predicted octanol–water partition coefficient (Wildman–Crippen LogP) is 5.25. The second-order valence-electron chi connectivity index (χ2n) is 6.33. The van der Waals surface area contributed by atoms with Crippen LogP contribution in [0.3, 0.4) is 0 Å². The summed E-state index contributed by atoms with van der Waals surface area (Å²) in [5, 5.41) is 16.2. The largest absolute Gasteiger partial charge is 0.465 e. The maximum Gasteiger partial charge on any atom is 0.341 e. The van der Waals surface area contributed by atoms with E-state index in [1.165, 1.54) is 41.5 Å². The predicted molar refractivity (Wildman–Crippen MR) is 127 cm³/mol. The Labute approximate surface area is 192 Å². The van der Waals surface area contributed by atoms with Gasteiger partial charge in [-0.05, 0) is 23.6 Å². The van der Waals surface area contributed by atoms with Gasteiger partial charge in [0.25, 0.3) is 0 Å². The number of thiophene rings is 2. The Morgan fingerprint density at radius 2 is 2.03 bits per heavy atom. The van der Waals surface area contributed by atoms with Crippen LogP contribution in [-0.2, 0) is 9.53 Å². The normalized spacial score (nSPS) is 11.3. The van der Waals surface area contributed by atoms with Gasteiger partial charge in [-0.3, -0.25) is 9.20 Å². The van der Waals surface area contributed by atoms with E-state index in [0.29, 0.717) is 15.7 Å². The third-order valence-electron chi connectivity index (χ3n) is 4.46. The Kier molecular flexibility index (Phi) is 5.48. The number of anilines is 1. The summed E-state index contributed by atoms with van der Waals surface area (Å²) in [7, 11) is 1.33. The maximum absolute atomic E-state index is 12.7. The van der Waals surface area contributed by atoms with Crippen LogP contribution in [0.25, 0.3) is 25.6 Å². The number of rotatable bonds is 6. The van der Waals surface area contributed by atoms with Crippen molar-refractivity contribution in [1.29, 1.82) is 0 Å². The number of para-hydroxylation sites is 1. The van der Waals surface area contributed by atoms with E-state index in [-0.39, 0.29) is 11.7 Å². The van der Waals surface area contributed by atoms with E-state index in [9.17, 15) is 9.59 Å². The smallest absolute Gasteiger partial charge is 0.341 e. The van der Waals surface area contributed by atoms with Crippen LogP contribution in [-0.4, -0.2) is 39.3 Å². The molecular weight excluding hydrogens is 473 g/mol. The molecule has 4 aromatic heterocycles. The van der Waals surface area contributed by atoms with Gasteiger partial charge in [0.15, 0.2) is 5.16 Å². The van der Waals surface area contributed by atoms with Gasteiger partial charge in [0, 0.05) is 15.8 Å². The molecule has 156 valence electrons. The monoisotopic (exact) mass is 486 g/mol. The fourth-order valence-corrected chi connectivity index (χ4v) is 6.66. The van der Waals surface area contributed by atoms with Gasteiger partial charge in [-0.2, -0.15) is 0 Å². The Morgan fingerprint density at radius 1 is 1.16 bits per heavy atom. The van der Waals surface area contributed by atoms with Crippen molar-refractivity contribution < 1.29 is 14.3 Å². The molecule has 0 spiro atoms. The first-order chi connectivity index (χ1) is 15.2. The zero-order valence-corrected chi connectivity index (χ0v) is 19.3. The van der Waals surface area contributed by atoms with Crippen LogP contribution in [0.15, 0.2) is 52.3 Å². The van der Waals surface area contributed by atoms with Crippen molar-refractivity contribution in [2.45, 2.75) is 5.16 Å². The molecule has 0 saturated heterocycles. The molecule has 0 bridgehead atoms. The van der Waals surface area contributed by atoms with Gasteiger partial charge >= 0.3 is 5.97 Å². The summed E-state index contributed by atoms with van der Waals surface area (Å²) in [5.41, 5.74) is 2.16. The number of carbonyl (C=O) groups excluding carboxylic acids is 2. The molecule has 0 radical (unpaired) electrons. The second-order valence-corrected chi connectivity index (χ2v) is 10.1. The number of thioether (sulfide) groups is 1. The number of aromatic nitrogens is 3. The van der Waals surface area contributed by atoms with Gasteiger partial charge in [0.1, 0.15) is 10.6 Å². The quantitative estimate of drug-likeness (QED) is 0.261. The number of benzene rings is 1. The Hall–Kier alpha value is -2.73. The minimum Gasteiger partial charge on any atom is -0.465 e. The summed E-state index contributed by atoms with van der Waals surface area (Å²) in [4.78, 5) is 26.8. The number of hydrogen-bond donors (Lipinski definition) is 1. The molecule has 0 fully saturated rings. The minimum atomic E-state index is -0.475. The lowest BCUT2D eigenvalue weighted by Gasteiger charge is -2.06. The molecule has 1 N–H and O–H groups in total. The molecule has 11 heteroatoms. The summed E-state index contributed by atoms with van der Waals surface area (Å²) in [6, 6.07) is 11.8. The maximum atomic E-state index is 12.7. The molecule has 4 heterocycles. The van der Waals surface area contributed by atoms with Crippen molar-refractivity contribution in [3.05, 3.63) is 52.7 Å². The van der Waals surface area contributed by atoms with Crippen LogP contribution < -0.4 is 5.32 Å². The molecule has 0 aliphatic heterocycles. The molecule has 0 aliphatic rings. The molecule has 0 atom stereocenters. The van der Waals surface area contributed by atoms with Gasteiger partial charge in [-0.1, -0.05) is 41.3 Å². The fraction of sp³-hybridized carbons (Fsp3) is 0.100. The van der Waals surface area contributed by atoms with Gasteiger partial charge in [0.2, 0.25) is 10.9 Å². The molecule has 0 saturated carbocycles. The zero-order valence-electron chi connectivity index (χ0n) is 16.0. The molecule has 1 amide bonds. The highest BCUT2D eigenvalue weighted by Crippen LogP contribution is 2.38. The highest BCUT2D eigenvalue weighted by atomic mass is 32.2. The number of nitrogens with zero attached hydrogens (tertiary/aromatic N) is 3. The number of amides is 1. The molecule has 31 heavy (non-hydrogen) atoms. The molecular formula is C20H14N4O3S4. The van der Waals surface area contributed by atoms with Crippen molar-refractivity contribution in [2.24, 2.45) is 0 Å². The summed E-state index contributed by atoms with van der Waals surface area (Å²) >= 11 is 5.69. The van der Waals surface area contributed by atoms with Gasteiger partial charge in [0.05, 0.1) is 23.1 Å². The topological polar surface area (TPSA) is 85.6 Å². The summed E-state index contributed by atoms with van der Waals surface area (Å²) in [6.45, 7) is 0. The molecule has 0 unspecified atom stereocenters. The lowest BCUT2D eigenvalue weighted by atomic mass is 10.1. The fourth-order valence-electron chi connectivity index (χ4n) is 3.11. The summed E-state index contributed by atoms with van der Waals surface area (Å²) in [5.74, 6) is -0.569. The standard InChI is InChI=1S/C20H14N4O3S4/c1-27-18(26)16-11(13-7-4-8-28-13)9-29-17(16)21-15(25)10-30-19-22-23-20-24(19)12-5-2-3-6-14(12)31-20/h2-9H,10H2,1H3,(H,21,25). The molecule has 5 aromatic rings. The lowest BCUT2D eigenvalue weighted by Crippen LogP contribution is -2.16. The lowest BCUT2D eigenvalue weighted by molar-refractivity contribution is -0.113. The molecule has 1 aromatic carbocycles. The molecule has 0 aliphatic carbocycles. The third-order valence-corrected chi connectivity index (χ3v) is 8.20. The van der Waals surface area contributed by atoms with Crippen LogP contribution in [0.2, 0.25) is 0 Å². The van der Waals surface area contributed by atoms with Crippen LogP contribution in [0.1, 0.15) is 10.4 Å². The minimum absolute atomic E-state index is 0.137. The van der Waals surface area contributed by atoms with Crippen molar-refractivity contribution in [3.63, 3.8) is 0 Å². The molecule has 5 rings (SSSR count).